The van der Waals surface area contributed by atoms with Crippen molar-refractivity contribution in [1.82, 2.24) is 9.97 Å². The van der Waals surface area contributed by atoms with E-state index in [9.17, 15) is 5.26 Å². The van der Waals surface area contributed by atoms with E-state index in [1.165, 1.54) is 7.11 Å². The number of ether oxygens (including phenoxy) is 1. The van der Waals surface area contributed by atoms with E-state index in [1.807, 2.05) is 42.5 Å². The average Bonchev–Trinajstić information content (AvgIpc) is 2.61. The Kier molecular flexibility index (Phi) is 4.35. The fraction of sp³-hybridized carbons (Fsp3) is 0.0556. The number of methoxy groups -OCH3 is 1. The monoisotopic (exact) mass is 365 g/mol. The van der Waals surface area contributed by atoms with Gasteiger partial charge in [-0.3, -0.25) is 4.98 Å². The highest BCUT2D eigenvalue weighted by Crippen LogP contribution is 2.35. The van der Waals surface area contributed by atoms with Crippen LogP contribution < -0.4 is 4.74 Å². The molecule has 0 saturated heterocycles. The number of halogens is 1. The van der Waals surface area contributed by atoms with Crippen LogP contribution in [0.4, 0.5) is 0 Å². The lowest BCUT2D eigenvalue weighted by Crippen LogP contribution is -1.98. The zero-order chi connectivity index (χ0) is 16.2. The summed E-state index contributed by atoms with van der Waals surface area (Å²) in [7, 11) is 1.51. The van der Waals surface area contributed by atoms with Gasteiger partial charge in [0.2, 0.25) is 5.88 Å². The van der Waals surface area contributed by atoms with Gasteiger partial charge in [0.1, 0.15) is 11.6 Å². The Morgan fingerprint density at radius 3 is 2.61 bits per heavy atom. The molecule has 112 valence electrons. The van der Waals surface area contributed by atoms with Crippen molar-refractivity contribution in [1.29, 1.82) is 5.26 Å². The lowest BCUT2D eigenvalue weighted by molar-refractivity contribution is 0.397. The highest BCUT2D eigenvalue weighted by Gasteiger charge is 2.16. The summed E-state index contributed by atoms with van der Waals surface area (Å²) < 4.78 is 6.26. The molecule has 0 fully saturated rings. The molecular formula is C18H12BrN3O. The van der Waals surface area contributed by atoms with E-state index >= 15 is 0 Å². The number of benzene rings is 1. The van der Waals surface area contributed by atoms with Crippen molar-refractivity contribution in [2.75, 3.05) is 7.11 Å². The molecule has 23 heavy (non-hydrogen) atoms. The second-order valence-electron chi connectivity index (χ2n) is 4.77. The molecule has 0 amide bonds. The summed E-state index contributed by atoms with van der Waals surface area (Å²) in [4.78, 5) is 8.62. The van der Waals surface area contributed by atoms with Gasteiger partial charge in [0.15, 0.2) is 0 Å². The Morgan fingerprint density at radius 1 is 1.13 bits per heavy atom. The average molecular weight is 366 g/mol. The van der Waals surface area contributed by atoms with E-state index in [-0.39, 0.29) is 0 Å². The number of rotatable bonds is 3. The van der Waals surface area contributed by atoms with E-state index in [2.05, 4.69) is 32.0 Å². The van der Waals surface area contributed by atoms with Crippen molar-refractivity contribution in [2.45, 2.75) is 0 Å². The van der Waals surface area contributed by atoms with Crippen LogP contribution in [0.3, 0.4) is 0 Å². The quantitative estimate of drug-likeness (QED) is 0.687. The van der Waals surface area contributed by atoms with Gasteiger partial charge in [-0.05, 0) is 18.2 Å². The number of nitrogens with zero attached hydrogens (tertiary/aromatic N) is 3. The molecule has 0 N–H and O–H groups in total. The van der Waals surface area contributed by atoms with Crippen molar-refractivity contribution in [2.24, 2.45) is 0 Å². The minimum Gasteiger partial charge on any atom is -0.480 e. The summed E-state index contributed by atoms with van der Waals surface area (Å²) in [6, 6.07) is 15.6. The molecule has 0 radical (unpaired) electrons. The van der Waals surface area contributed by atoms with Gasteiger partial charge in [0.05, 0.1) is 12.8 Å². The molecule has 0 atom stereocenters. The molecule has 0 unspecified atom stereocenters. The molecule has 2 aromatic heterocycles. The lowest BCUT2D eigenvalue weighted by atomic mass is 10.00. The molecule has 3 rings (SSSR count). The standard InChI is InChI=1S/C18H12BrN3O/c1-23-18-15(10-20)14(12-5-4-8-21-11-12)9-17(22-18)13-6-2-3-7-16(13)19/h2-9,11H,1H3. The first-order chi connectivity index (χ1) is 11.2. The minimum atomic E-state index is 0.305. The van der Waals surface area contributed by atoms with Crippen molar-refractivity contribution in [3.8, 4) is 34.3 Å². The van der Waals surface area contributed by atoms with Crippen LogP contribution in [0, 0.1) is 11.3 Å². The molecule has 4 nitrogen and oxygen atoms in total. The van der Waals surface area contributed by atoms with Crippen LogP contribution in [0.1, 0.15) is 5.56 Å². The van der Waals surface area contributed by atoms with Gasteiger partial charge in [-0.1, -0.05) is 40.2 Å². The van der Waals surface area contributed by atoms with Gasteiger partial charge in [0, 0.05) is 33.6 Å². The topological polar surface area (TPSA) is 58.8 Å². The van der Waals surface area contributed by atoms with Crippen molar-refractivity contribution < 1.29 is 4.74 Å². The largest absolute Gasteiger partial charge is 0.480 e. The predicted molar refractivity (Wildman–Crippen MR) is 91.9 cm³/mol. The number of hydrogen-bond acceptors (Lipinski definition) is 4. The van der Waals surface area contributed by atoms with Crippen LogP contribution in [0.25, 0.3) is 22.4 Å². The smallest absolute Gasteiger partial charge is 0.232 e. The van der Waals surface area contributed by atoms with Gasteiger partial charge >= 0.3 is 0 Å². The summed E-state index contributed by atoms with van der Waals surface area (Å²) in [6.07, 6.45) is 3.42. The third kappa shape index (κ3) is 2.94. The maximum Gasteiger partial charge on any atom is 0.232 e. The Morgan fingerprint density at radius 2 is 1.96 bits per heavy atom. The summed E-state index contributed by atoms with van der Waals surface area (Å²) in [5.41, 5.74) is 3.65. The maximum atomic E-state index is 9.51. The van der Waals surface area contributed by atoms with Crippen LogP contribution in [0.15, 0.2) is 59.3 Å². The normalized spacial score (nSPS) is 10.1. The third-order valence-corrected chi connectivity index (χ3v) is 4.11. The molecule has 0 spiro atoms. The van der Waals surface area contributed by atoms with E-state index in [0.717, 1.165) is 26.9 Å². The van der Waals surface area contributed by atoms with Gasteiger partial charge in [-0.2, -0.15) is 5.26 Å². The van der Waals surface area contributed by atoms with Crippen molar-refractivity contribution >= 4 is 15.9 Å². The number of nitriles is 1. The highest BCUT2D eigenvalue weighted by atomic mass is 79.9. The molecule has 0 saturated carbocycles. The first-order valence-corrected chi connectivity index (χ1v) is 7.68. The molecule has 0 bridgehead atoms. The SMILES string of the molecule is COc1nc(-c2ccccc2Br)cc(-c2cccnc2)c1C#N. The molecule has 0 aliphatic rings. The molecule has 1 aromatic carbocycles. The van der Waals surface area contributed by atoms with Gasteiger partial charge in [0.25, 0.3) is 0 Å². The first-order valence-electron chi connectivity index (χ1n) is 6.89. The fourth-order valence-corrected chi connectivity index (χ4v) is 2.82. The van der Waals surface area contributed by atoms with Gasteiger partial charge < -0.3 is 4.74 Å². The lowest BCUT2D eigenvalue weighted by Gasteiger charge is -2.12. The van der Waals surface area contributed by atoms with Crippen LogP contribution >= 0.6 is 15.9 Å². The molecule has 0 aliphatic heterocycles. The summed E-state index contributed by atoms with van der Waals surface area (Å²) >= 11 is 3.54. The van der Waals surface area contributed by atoms with Gasteiger partial charge in [-0.25, -0.2) is 4.98 Å². The van der Waals surface area contributed by atoms with Gasteiger partial charge in [-0.15, -0.1) is 0 Å². The molecule has 0 aliphatic carbocycles. The van der Waals surface area contributed by atoms with Crippen molar-refractivity contribution in [3.05, 3.63) is 64.9 Å². The number of pyridine rings is 2. The fourth-order valence-electron chi connectivity index (χ4n) is 2.33. The van der Waals surface area contributed by atoms with Crippen LogP contribution in [0.5, 0.6) is 5.88 Å². The van der Waals surface area contributed by atoms with E-state index in [1.54, 1.807) is 12.4 Å². The highest BCUT2D eigenvalue weighted by molar-refractivity contribution is 9.10. The second kappa shape index (κ2) is 6.59. The predicted octanol–water partition coefficient (Wildman–Crippen LogP) is 4.45. The Labute approximate surface area is 142 Å². The van der Waals surface area contributed by atoms with Crippen molar-refractivity contribution in [3.63, 3.8) is 0 Å². The number of aromatic nitrogens is 2. The van der Waals surface area contributed by atoms with E-state index < -0.39 is 0 Å². The third-order valence-electron chi connectivity index (χ3n) is 3.41. The molecule has 5 heteroatoms. The van der Waals surface area contributed by atoms with Crippen LogP contribution in [-0.4, -0.2) is 17.1 Å². The Balaban J connectivity index is 2.29. The Hall–Kier alpha value is -2.71. The van der Waals surface area contributed by atoms with E-state index in [4.69, 9.17) is 4.74 Å². The molecular weight excluding hydrogens is 354 g/mol. The molecule has 3 aromatic rings. The zero-order valence-electron chi connectivity index (χ0n) is 12.3. The summed E-state index contributed by atoms with van der Waals surface area (Å²) in [6.45, 7) is 0. The zero-order valence-corrected chi connectivity index (χ0v) is 13.9. The second-order valence-corrected chi connectivity index (χ2v) is 5.63. The summed E-state index contributed by atoms with van der Waals surface area (Å²) in [5.74, 6) is 0.305. The number of hydrogen-bond donors (Lipinski definition) is 0. The maximum absolute atomic E-state index is 9.51. The molecule has 2 heterocycles. The first kappa shape index (κ1) is 15.2. The van der Waals surface area contributed by atoms with Crippen LogP contribution in [0.2, 0.25) is 0 Å². The Bertz CT molecular complexity index is 889. The minimum absolute atomic E-state index is 0.305. The van der Waals surface area contributed by atoms with Crippen LogP contribution in [-0.2, 0) is 0 Å². The summed E-state index contributed by atoms with van der Waals surface area (Å²) in [5, 5.41) is 9.51. The van der Waals surface area contributed by atoms with E-state index in [0.29, 0.717) is 11.4 Å².